The van der Waals surface area contributed by atoms with Crippen molar-refractivity contribution < 1.29 is 0 Å². The van der Waals surface area contributed by atoms with Gasteiger partial charge in [0.1, 0.15) is 5.84 Å². The summed E-state index contributed by atoms with van der Waals surface area (Å²) in [6, 6.07) is 0. The van der Waals surface area contributed by atoms with Gasteiger partial charge < -0.3 is 16.0 Å². The molecule has 4 heteroatoms. The van der Waals surface area contributed by atoms with E-state index in [-0.39, 0.29) is 6.17 Å². The fraction of sp³-hybridized carbons (Fsp3) is 0.500. The van der Waals surface area contributed by atoms with Gasteiger partial charge >= 0.3 is 0 Å². The second-order valence-corrected chi connectivity index (χ2v) is 2.29. The minimum absolute atomic E-state index is 0.183. The van der Waals surface area contributed by atoms with Gasteiger partial charge in [-0.25, -0.2) is 0 Å². The van der Waals surface area contributed by atoms with Crippen molar-refractivity contribution in [1.29, 1.82) is 0 Å². The van der Waals surface area contributed by atoms with Crippen molar-refractivity contribution in [2.45, 2.75) is 6.17 Å². The molecular formula is C6H10N4. The van der Waals surface area contributed by atoms with Gasteiger partial charge in [0.15, 0.2) is 6.17 Å². The fourth-order valence-electron chi connectivity index (χ4n) is 1.10. The van der Waals surface area contributed by atoms with Crippen LogP contribution in [0.4, 0.5) is 0 Å². The largest absolute Gasteiger partial charge is 0.369 e. The van der Waals surface area contributed by atoms with E-state index in [0.717, 1.165) is 18.9 Å². The van der Waals surface area contributed by atoms with Gasteiger partial charge in [0.25, 0.3) is 0 Å². The van der Waals surface area contributed by atoms with Crippen molar-refractivity contribution >= 4 is 5.84 Å². The average Bonchev–Trinajstić information content (AvgIpc) is 2.59. The minimum atomic E-state index is 0.183. The van der Waals surface area contributed by atoms with Gasteiger partial charge in [0, 0.05) is 18.9 Å². The van der Waals surface area contributed by atoms with E-state index in [9.17, 15) is 0 Å². The Bertz CT molecular complexity index is 176. The Labute approximate surface area is 59.4 Å². The number of aliphatic imine (C=N–C) groups is 1. The highest BCUT2D eigenvalue weighted by Crippen LogP contribution is 1.93. The molecule has 0 spiro atoms. The van der Waals surface area contributed by atoms with E-state index < -0.39 is 0 Å². The molecule has 10 heavy (non-hydrogen) atoms. The quantitative estimate of drug-likeness (QED) is 0.434. The lowest BCUT2D eigenvalue weighted by molar-refractivity contribution is 0.706. The first-order chi connectivity index (χ1) is 4.97. The van der Waals surface area contributed by atoms with Crippen molar-refractivity contribution in [3.05, 3.63) is 12.4 Å². The van der Waals surface area contributed by atoms with Crippen molar-refractivity contribution in [3.8, 4) is 0 Å². The molecule has 0 fully saturated rings. The molecule has 0 amide bonds. The summed E-state index contributed by atoms with van der Waals surface area (Å²) in [5.74, 6) is 1.02. The van der Waals surface area contributed by atoms with Crippen LogP contribution in [0.5, 0.6) is 0 Å². The van der Waals surface area contributed by atoms with Gasteiger partial charge in [-0.15, -0.1) is 0 Å². The van der Waals surface area contributed by atoms with Gasteiger partial charge in [-0.3, -0.25) is 4.99 Å². The summed E-state index contributed by atoms with van der Waals surface area (Å²) >= 11 is 0. The summed E-state index contributed by atoms with van der Waals surface area (Å²) in [5.41, 5.74) is 0. The van der Waals surface area contributed by atoms with Crippen LogP contribution in [-0.2, 0) is 0 Å². The van der Waals surface area contributed by atoms with Crippen LogP contribution >= 0.6 is 0 Å². The SMILES string of the molecule is C1=CNC(C2=NCCN2)N1. The molecule has 54 valence electrons. The summed E-state index contributed by atoms with van der Waals surface area (Å²) in [5, 5.41) is 9.41. The highest BCUT2D eigenvalue weighted by atomic mass is 15.2. The van der Waals surface area contributed by atoms with Gasteiger partial charge in [-0.1, -0.05) is 0 Å². The van der Waals surface area contributed by atoms with E-state index in [1.54, 1.807) is 0 Å². The molecule has 0 saturated carbocycles. The Kier molecular flexibility index (Phi) is 1.23. The number of hydrogen-bond donors (Lipinski definition) is 3. The highest BCUT2D eigenvalue weighted by Gasteiger charge is 2.17. The van der Waals surface area contributed by atoms with E-state index in [1.807, 2.05) is 12.4 Å². The van der Waals surface area contributed by atoms with Crippen LogP contribution in [0.3, 0.4) is 0 Å². The lowest BCUT2D eigenvalue weighted by Gasteiger charge is -2.11. The lowest BCUT2D eigenvalue weighted by Crippen LogP contribution is -2.44. The molecular weight excluding hydrogens is 128 g/mol. The average molecular weight is 138 g/mol. The smallest absolute Gasteiger partial charge is 0.155 e. The Morgan fingerprint density at radius 3 is 2.80 bits per heavy atom. The molecule has 0 aromatic heterocycles. The third-order valence-corrected chi connectivity index (χ3v) is 1.58. The number of nitrogens with zero attached hydrogens (tertiary/aromatic N) is 1. The number of rotatable bonds is 1. The number of nitrogens with one attached hydrogen (secondary N) is 3. The molecule has 2 rings (SSSR count). The monoisotopic (exact) mass is 138 g/mol. The van der Waals surface area contributed by atoms with Crippen LogP contribution in [0.2, 0.25) is 0 Å². The molecule has 2 aliphatic heterocycles. The van der Waals surface area contributed by atoms with Crippen LogP contribution in [0.1, 0.15) is 0 Å². The molecule has 0 aliphatic carbocycles. The van der Waals surface area contributed by atoms with Gasteiger partial charge in [0.05, 0.1) is 6.54 Å². The predicted octanol–water partition coefficient (Wildman–Crippen LogP) is -1.02. The number of hydrogen-bond acceptors (Lipinski definition) is 4. The topological polar surface area (TPSA) is 48.5 Å². The van der Waals surface area contributed by atoms with Crippen molar-refractivity contribution in [1.82, 2.24) is 16.0 Å². The first-order valence-corrected chi connectivity index (χ1v) is 3.42. The molecule has 4 nitrogen and oxygen atoms in total. The second kappa shape index (κ2) is 2.21. The van der Waals surface area contributed by atoms with E-state index in [2.05, 4.69) is 20.9 Å². The Hall–Kier alpha value is -1.19. The predicted molar refractivity (Wildman–Crippen MR) is 39.5 cm³/mol. The van der Waals surface area contributed by atoms with Crippen molar-refractivity contribution in [2.75, 3.05) is 13.1 Å². The highest BCUT2D eigenvalue weighted by molar-refractivity contribution is 5.88. The maximum absolute atomic E-state index is 4.26. The molecule has 0 aromatic carbocycles. The molecule has 0 bridgehead atoms. The summed E-state index contributed by atoms with van der Waals surface area (Å²) < 4.78 is 0. The van der Waals surface area contributed by atoms with Crippen LogP contribution in [0.25, 0.3) is 0 Å². The van der Waals surface area contributed by atoms with Crippen LogP contribution in [0, 0.1) is 0 Å². The first-order valence-electron chi connectivity index (χ1n) is 3.42. The van der Waals surface area contributed by atoms with Crippen molar-refractivity contribution in [2.24, 2.45) is 4.99 Å². The van der Waals surface area contributed by atoms with Crippen molar-refractivity contribution in [3.63, 3.8) is 0 Å². The van der Waals surface area contributed by atoms with Gasteiger partial charge in [0.2, 0.25) is 0 Å². The zero-order valence-corrected chi connectivity index (χ0v) is 5.59. The fourth-order valence-corrected chi connectivity index (χ4v) is 1.10. The Morgan fingerprint density at radius 1 is 1.40 bits per heavy atom. The maximum atomic E-state index is 4.26. The summed E-state index contributed by atoms with van der Waals surface area (Å²) in [7, 11) is 0. The molecule has 0 aromatic rings. The second-order valence-electron chi connectivity index (χ2n) is 2.29. The molecule has 0 saturated heterocycles. The van der Waals surface area contributed by atoms with E-state index in [0.29, 0.717) is 0 Å². The van der Waals surface area contributed by atoms with Crippen LogP contribution < -0.4 is 16.0 Å². The van der Waals surface area contributed by atoms with E-state index in [1.165, 1.54) is 0 Å². The third-order valence-electron chi connectivity index (χ3n) is 1.58. The first kappa shape index (κ1) is 5.58. The summed E-state index contributed by atoms with van der Waals surface area (Å²) in [6.45, 7) is 1.87. The zero-order chi connectivity index (χ0) is 6.81. The zero-order valence-electron chi connectivity index (χ0n) is 5.59. The standard InChI is InChI=1S/C6H10N4/c1-2-8-5(7-1)6-9-3-4-10-6/h1-2,5,7-8H,3-4H2,(H,9,10). The van der Waals surface area contributed by atoms with Gasteiger partial charge in [-0.05, 0) is 0 Å². The third kappa shape index (κ3) is 0.814. The molecule has 2 aliphatic rings. The maximum Gasteiger partial charge on any atom is 0.155 e. The minimum Gasteiger partial charge on any atom is -0.369 e. The molecule has 0 radical (unpaired) electrons. The van der Waals surface area contributed by atoms with Gasteiger partial charge in [-0.2, -0.15) is 0 Å². The van der Waals surface area contributed by atoms with E-state index in [4.69, 9.17) is 0 Å². The molecule has 0 unspecified atom stereocenters. The molecule has 3 N–H and O–H groups in total. The van der Waals surface area contributed by atoms with E-state index >= 15 is 0 Å². The summed E-state index contributed by atoms with van der Waals surface area (Å²) in [4.78, 5) is 4.26. The molecule has 0 atom stereocenters. The molecule has 2 heterocycles. The number of amidine groups is 1. The lowest BCUT2D eigenvalue weighted by atomic mass is 10.4. The summed E-state index contributed by atoms with van der Waals surface area (Å²) in [6.07, 6.45) is 3.95. The normalized spacial score (nSPS) is 23.4. The van der Waals surface area contributed by atoms with Crippen LogP contribution in [-0.4, -0.2) is 25.1 Å². The Morgan fingerprint density at radius 2 is 2.20 bits per heavy atom. The Balaban J connectivity index is 1.99. The van der Waals surface area contributed by atoms with Crippen LogP contribution in [0.15, 0.2) is 17.4 Å².